The van der Waals surface area contributed by atoms with Crippen molar-refractivity contribution in [3.8, 4) is 0 Å². The highest BCUT2D eigenvalue weighted by atomic mass is 79.9. The number of halogens is 2. The van der Waals surface area contributed by atoms with Gasteiger partial charge >= 0.3 is 5.97 Å². The zero-order valence-corrected chi connectivity index (χ0v) is 10.6. The summed E-state index contributed by atoms with van der Waals surface area (Å²) in [6.45, 7) is 2.08. The van der Waals surface area contributed by atoms with Crippen molar-refractivity contribution in [2.45, 2.75) is 23.0 Å². The molecule has 0 amide bonds. The van der Waals surface area contributed by atoms with Gasteiger partial charge in [0.2, 0.25) is 0 Å². The number of fused-ring (bicyclic) bond motifs is 1. The molecular formula is C9H12Br2O2. The van der Waals surface area contributed by atoms with Crippen LogP contribution in [0.25, 0.3) is 0 Å². The van der Waals surface area contributed by atoms with Crippen LogP contribution in [0.4, 0.5) is 0 Å². The third kappa shape index (κ3) is 1.80. The number of alkyl halides is 2. The monoisotopic (exact) mass is 310 g/mol. The second-order valence-electron chi connectivity index (χ2n) is 4.03. The van der Waals surface area contributed by atoms with Gasteiger partial charge in [0.05, 0.1) is 9.84 Å². The van der Waals surface area contributed by atoms with Crippen molar-refractivity contribution in [1.29, 1.82) is 0 Å². The van der Waals surface area contributed by atoms with E-state index < -0.39 is 0 Å². The number of hydrogen-bond donors (Lipinski definition) is 0. The molecule has 0 aromatic heterocycles. The van der Waals surface area contributed by atoms with Crippen molar-refractivity contribution in [3.63, 3.8) is 0 Å². The summed E-state index contributed by atoms with van der Waals surface area (Å²) in [5, 5.41) is 0. The fourth-order valence-electron chi connectivity index (χ4n) is 2.29. The van der Waals surface area contributed by atoms with Crippen molar-refractivity contribution < 1.29 is 9.53 Å². The molecule has 0 aromatic carbocycles. The molecule has 2 nitrogen and oxygen atoms in total. The van der Waals surface area contributed by atoms with Crippen LogP contribution >= 0.6 is 31.9 Å². The van der Waals surface area contributed by atoms with Crippen molar-refractivity contribution in [1.82, 2.24) is 0 Å². The molecule has 1 unspecified atom stereocenters. The Labute approximate surface area is 94.7 Å². The number of rotatable bonds is 2. The van der Waals surface area contributed by atoms with Gasteiger partial charge in [-0.25, -0.2) is 0 Å². The van der Waals surface area contributed by atoms with Crippen LogP contribution in [0.2, 0.25) is 0 Å². The van der Waals surface area contributed by atoms with Gasteiger partial charge in [0.1, 0.15) is 0 Å². The largest absolute Gasteiger partial charge is 0.466 e. The smallest absolute Gasteiger partial charge is 0.302 e. The lowest BCUT2D eigenvalue weighted by molar-refractivity contribution is -0.142. The third-order valence-corrected chi connectivity index (χ3v) is 5.41. The first-order chi connectivity index (χ1) is 6.01. The molecule has 74 valence electrons. The standard InChI is InChI=1S/C9H12Br2O2/c1-5(12)13-4-6-2-7-8(3-6)9(7,10)11/h6-8H,2-4H2,1H3/t6?,7-,8+. The molecule has 2 aliphatic rings. The molecular weight excluding hydrogens is 300 g/mol. The van der Waals surface area contributed by atoms with Crippen molar-refractivity contribution in [3.05, 3.63) is 0 Å². The fourth-order valence-corrected chi connectivity index (χ4v) is 4.05. The zero-order valence-electron chi connectivity index (χ0n) is 7.43. The Hall–Kier alpha value is 0.430. The second kappa shape index (κ2) is 3.23. The van der Waals surface area contributed by atoms with E-state index >= 15 is 0 Å². The van der Waals surface area contributed by atoms with Crippen LogP contribution in [0.15, 0.2) is 0 Å². The van der Waals surface area contributed by atoms with Crippen LogP contribution in [0.1, 0.15) is 19.8 Å². The Balaban J connectivity index is 1.75. The summed E-state index contributed by atoms with van der Waals surface area (Å²) in [4.78, 5) is 10.6. The van der Waals surface area contributed by atoms with Crippen LogP contribution in [-0.2, 0) is 9.53 Å². The lowest BCUT2D eigenvalue weighted by Gasteiger charge is -2.14. The molecule has 2 rings (SSSR count). The predicted octanol–water partition coefficient (Wildman–Crippen LogP) is 2.69. The molecule has 2 fully saturated rings. The van der Waals surface area contributed by atoms with E-state index in [1.165, 1.54) is 19.8 Å². The molecule has 2 saturated carbocycles. The molecule has 0 bridgehead atoms. The van der Waals surface area contributed by atoms with Crippen LogP contribution in [0.5, 0.6) is 0 Å². The summed E-state index contributed by atoms with van der Waals surface area (Å²) in [6.07, 6.45) is 2.35. The van der Waals surface area contributed by atoms with E-state index in [1.54, 1.807) is 0 Å². The van der Waals surface area contributed by atoms with E-state index in [4.69, 9.17) is 4.74 Å². The molecule has 2 aliphatic carbocycles. The fraction of sp³-hybridized carbons (Fsp3) is 0.889. The van der Waals surface area contributed by atoms with Gasteiger partial charge in [0.15, 0.2) is 0 Å². The summed E-state index contributed by atoms with van der Waals surface area (Å²) >= 11 is 7.29. The predicted molar refractivity (Wildman–Crippen MR) is 56.9 cm³/mol. The van der Waals surface area contributed by atoms with Gasteiger partial charge in [0.25, 0.3) is 0 Å². The number of carbonyl (C=O) groups excluding carboxylic acids is 1. The number of hydrogen-bond acceptors (Lipinski definition) is 2. The van der Waals surface area contributed by atoms with Crippen molar-refractivity contribution in [2.24, 2.45) is 17.8 Å². The minimum absolute atomic E-state index is 0.162. The highest BCUT2D eigenvalue weighted by Gasteiger charge is 2.65. The Bertz CT molecular complexity index is 226. The van der Waals surface area contributed by atoms with E-state index in [0.29, 0.717) is 12.5 Å². The maximum atomic E-state index is 10.6. The van der Waals surface area contributed by atoms with Crippen molar-refractivity contribution in [2.75, 3.05) is 6.61 Å². The molecule has 0 heterocycles. The van der Waals surface area contributed by atoms with Gasteiger partial charge in [-0.3, -0.25) is 4.79 Å². The SMILES string of the molecule is CC(=O)OCC1C[C@@H]2[C@H](C1)C2(Br)Br. The first kappa shape index (κ1) is 9.97. The second-order valence-corrected chi connectivity index (χ2v) is 7.72. The van der Waals surface area contributed by atoms with Crippen LogP contribution in [0, 0.1) is 17.8 Å². The zero-order chi connectivity index (χ0) is 9.64. The lowest BCUT2D eigenvalue weighted by atomic mass is 10.1. The first-order valence-corrected chi connectivity index (χ1v) is 6.11. The van der Waals surface area contributed by atoms with Gasteiger partial charge in [-0.2, -0.15) is 0 Å². The normalized spacial score (nSPS) is 39.8. The maximum absolute atomic E-state index is 10.6. The van der Waals surface area contributed by atoms with E-state index in [1.807, 2.05) is 0 Å². The molecule has 0 N–H and O–H groups in total. The quantitative estimate of drug-likeness (QED) is 0.579. The average molecular weight is 312 g/mol. The number of esters is 1. The average Bonchev–Trinajstić information content (AvgIpc) is 2.51. The van der Waals surface area contributed by atoms with E-state index in [0.717, 1.165) is 11.8 Å². The number of carbonyl (C=O) groups is 1. The summed E-state index contributed by atoms with van der Waals surface area (Å²) in [5.74, 6) is 1.91. The van der Waals surface area contributed by atoms with Gasteiger partial charge in [-0.1, -0.05) is 31.9 Å². The minimum Gasteiger partial charge on any atom is -0.466 e. The van der Waals surface area contributed by atoms with Gasteiger partial charge in [-0.15, -0.1) is 0 Å². The van der Waals surface area contributed by atoms with E-state index in [2.05, 4.69) is 31.9 Å². The molecule has 0 spiro atoms. The summed E-state index contributed by atoms with van der Waals surface area (Å²) < 4.78 is 5.21. The first-order valence-electron chi connectivity index (χ1n) is 4.53. The Kier molecular flexibility index (Phi) is 2.47. The lowest BCUT2D eigenvalue weighted by Crippen LogP contribution is -2.13. The summed E-state index contributed by atoms with van der Waals surface area (Å²) in [6, 6.07) is 0. The van der Waals surface area contributed by atoms with Gasteiger partial charge in [0, 0.05) is 6.92 Å². The summed E-state index contributed by atoms with van der Waals surface area (Å²) in [5.41, 5.74) is 0. The summed E-state index contributed by atoms with van der Waals surface area (Å²) in [7, 11) is 0. The van der Waals surface area contributed by atoms with Crippen LogP contribution in [0.3, 0.4) is 0 Å². The molecule has 13 heavy (non-hydrogen) atoms. The maximum Gasteiger partial charge on any atom is 0.302 e. The molecule has 0 aliphatic heterocycles. The third-order valence-electron chi connectivity index (χ3n) is 3.06. The van der Waals surface area contributed by atoms with Gasteiger partial charge < -0.3 is 4.74 Å². The highest BCUT2D eigenvalue weighted by molar-refractivity contribution is 9.25. The molecule has 0 saturated heterocycles. The molecule has 4 heteroatoms. The topological polar surface area (TPSA) is 26.3 Å². The minimum atomic E-state index is -0.162. The molecule has 0 radical (unpaired) electrons. The van der Waals surface area contributed by atoms with Gasteiger partial charge in [-0.05, 0) is 30.6 Å². The van der Waals surface area contributed by atoms with Crippen molar-refractivity contribution >= 4 is 37.8 Å². The Morgan fingerprint density at radius 3 is 2.46 bits per heavy atom. The van der Waals surface area contributed by atoms with Crippen LogP contribution < -0.4 is 0 Å². The van der Waals surface area contributed by atoms with E-state index in [9.17, 15) is 4.79 Å². The molecule has 0 aromatic rings. The Morgan fingerprint density at radius 2 is 2.00 bits per heavy atom. The number of ether oxygens (including phenoxy) is 1. The highest BCUT2D eigenvalue weighted by Crippen LogP contribution is 2.70. The Morgan fingerprint density at radius 1 is 1.46 bits per heavy atom. The van der Waals surface area contributed by atoms with E-state index in [-0.39, 0.29) is 9.20 Å². The molecule has 3 atom stereocenters. The van der Waals surface area contributed by atoms with Crippen LogP contribution in [-0.4, -0.2) is 15.8 Å².